The number of carbonyl (C=O) groups excluding carboxylic acids is 1. The van der Waals surface area contributed by atoms with Crippen LogP contribution in [-0.2, 0) is 16.6 Å². The lowest BCUT2D eigenvalue weighted by Gasteiger charge is -2.08. The van der Waals surface area contributed by atoms with Crippen LogP contribution in [0.3, 0.4) is 0 Å². The number of nitrogens with one attached hydrogen (secondary N) is 1. The average Bonchev–Trinajstić information content (AvgIpc) is 2.42. The summed E-state index contributed by atoms with van der Waals surface area (Å²) < 4.78 is 6.97. The average molecular weight is 225 g/mol. The van der Waals surface area contributed by atoms with Gasteiger partial charge in [-0.15, -0.1) is 0 Å². The predicted octanol–water partition coefficient (Wildman–Crippen LogP) is 1.40. The summed E-state index contributed by atoms with van der Waals surface area (Å²) >= 11 is 0. The minimum atomic E-state index is -0.145. The summed E-state index contributed by atoms with van der Waals surface area (Å²) in [5.74, 6) is -0.145. The van der Waals surface area contributed by atoms with E-state index in [2.05, 4.69) is 10.4 Å². The lowest BCUT2D eigenvalue weighted by molar-refractivity contribution is -0.121. The molecule has 5 heteroatoms. The van der Waals surface area contributed by atoms with Crippen molar-refractivity contribution in [3.8, 4) is 0 Å². The molecule has 1 aromatic rings. The molecule has 0 bridgehead atoms. The van der Waals surface area contributed by atoms with Crippen LogP contribution in [0.2, 0.25) is 0 Å². The first-order valence-corrected chi connectivity index (χ1v) is 5.33. The summed E-state index contributed by atoms with van der Waals surface area (Å²) in [4.78, 5) is 11.6. The molecule has 90 valence electrons. The van der Waals surface area contributed by atoms with Crippen molar-refractivity contribution in [1.29, 1.82) is 0 Å². The maximum Gasteiger partial charge on any atom is 0.250 e. The fraction of sp³-hybridized carbons (Fsp3) is 0.636. The summed E-state index contributed by atoms with van der Waals surface area (Å²) in [5, 5.41) is 7.03. The highest BCUT2D eigenvalue weighted by Gasteiger charge is 2.12. The van der Waals surface area contributed by atoms with E-state index in [1.165, 1.54) is 0 Å². The highest BCUT2D eigenvalue weighted by molar-refractivity contribution is 5.92. The second-order valence-electron chi connectivity index (χ2n) is 4.08. The molecule has 5 nitrogen and oxygen atoms in total. The van der Waals surface area contributed by atoms with E-state index in [-0.39, 0.29) is 18.6 Å². The highest BCUT2D eigenvalue weighted by Crippen LogP contribution is 2.17. The minimum Gasteiger partial charge on any atom is -0.369 e. The molecule has 0 radical (unpaired) electrons. The fourth-order valence-corrected chi connectivity index (χ4v) is 1.37. The molecule has 0 atom stereocenters. The van der Waals surface area contributed by atoms with Gasteiger partial charge in [0, 0.05) is 7.05 Å². The molecule has 0 unspecified atom stereocenters. The molecule has 1 aromatic heterocycles. The molecule has 0 aliphatic heterocycles. The number of rotatable bonds is 4. The van der Waals surface area contributed by atoms with Crippen molar-refractivity contribution in [2.45, 2.75) is 33.8 Å². The Labute approximate surface area is 95.8 Å². The zero-order valence-electron chi connectivity index (χ0n) is 10.5. The Bertz CT molecular complexity index is 383. The Kier molecular flexibility index (Phi) is 4.06. The summed E-state index contributed by atoms with van der Waals surface area (Å²) in [6, 6.07) is 0. The number of hydrogen-bond donors (Lipinski definition) is 1. The predicted molar refractivity (Wildman–Crippen MR) is 62.4 cm³/mol. The quantitative estimate of drug-likeness (QED) is 0.842. The van der Waals surface area contributed by atoms with Crippen molar-refractivity contribution in [3.63, 3.8) is 0 Å². The van der Waals surface area contributed by atoms with Crippen molar-refractivity contribution < 1.29 is 9.53 Å². The van der Waals surface area contributed by atoms with E-state index < -0.39 is 0 Å². The first kappa shape index (κ1) is 12.7. The zero-order valence-corrected chi connectivity index (χ0v) is 10.5. The molecule has 0 spiro atoms. The standard InChI is InChI=1S/C11H19N3O2/c1-7(2)16-6-10(15)12-11-8(3)13-14(5)9(11)4/h7H,6H2,1-5H3,(H,12,15). The van der Waals surface area contributed by atoms with Gasteiger partial charge >= 0.3 is 0 Å². The SMILES string of the molecule is Cc1nn(C)c(C)c1NC(=O)COC(C)C. The first-order chi connectivity index (χ1) is 7.41. The van der Waals surface area contributed by atoms with Crippen molar-refractivity contribution in [2.75, 3.05) is 11.9 Å². The molecule has 0 aliphatic rings. The number of hydrogen-bond acceptors (Lipinski definition) is 3. The molecule has 1 N–H and O–H groups in total. The van der Waals surface area contributed by atoms with E-state index >= 15 is 0 Å². The molecule has 0 fully saturated rings. The molecule has 0 saturated carbocycles. The molecule has 1 rings (SSSR count). The van der Waals surface area contributed by atoms with E-state index in [9.17, 15) is 4.79 Å². The molecular weight excluding hydrogens is 206 g/mol. The lowest BCUT2D eigenvalue weighted by atomic mass is 10.3. The Morgan fingerprint density at radius 2 is 2.12 bits per heavy atom. The van der Waals surface area contributed by atoms with Gasteiger partial charge in [-0.3, -0.25) is 9.48 Å². The minimum absolute atomic E-state index is 0.0573. The van der Waals surface area contributed by atoms with Crippen LogP contribution < -0.4 is 5.32 Å². The van der Waals surface area contributed by atoms with Crippen molar-refractivity contribution in [1.82, 2.24) is 9.78 Å². The number of anilines is 1. The molecule has 1 amide bonds. The Morgan fingerprint density at radius 1 is 1.50 bits per heavy atom. The third-order valence-corrected chi connectivity index (χ3v) is 2.32. The summed E-state index contributed by atoms with van der Waals surface area (Å²) in [6.45, 7) is 7.65. The second-order valence-corrected chi connectivity index (χ2v) is 4.08. The number of aryl methyl sites for hydroxylation is 2. The summed E-state index contributed by atoms with van der Waals surface area (Å²) in [5.41, 5.74) is 2.54. The van der Waals surface area contributed by atoms with E-state index in [1.54, 1.807) is 4.68 Å². The maximum atomic E-state index is 11.6. The number of carbonyl (C=O) groups is 1. The second kappa shape index (κ2) is 5.12. The lowest BCUT2D eigenvalue weighted by Crippen LogP contribution is -2.21. The van der Waals surface area contributed by atoms with E-state index in [0.717, 1.165) is 17.1 Å². The molecular formula is C11H19N3O2. The number of aromatic nitrogens is 2. The van der Waals surface area contributed by atoms with Crippen molar-refractivity contribution in [2.24, 2.45) is 7.05 Å². The van der Waals surface area contributed by atoms with Crippen LogP contribution in [0.5, 0.6) is 0 Å². The van der Waals surface area contributed by atoms with Crippen LogP contribution in [0, 0.1) is 13.8 Å². The number of amides is 1. The van der Waals surface area contributed by atoms with Gasteiger partial charge in [0.25, 0.3) is 0 Å². The van der Waals surface area contributed by atoms with Crippen molar-refractivity contribution >= 4 is 11.6 Å². The summed E-state index contributed by atoms with van der Waals surface area (Å²) in [7, 11) is 1.85. The van der Waals surface area contributed by atoms with E-state index in [1.807, 2.05) is 34.7 Å². The molecule has 16 heavy (non-hydrogen) atoms. The van der Waals surface area contributed by atoms with Gasteiger partial charge in [0.2, 0.25) is 5.91 Å². The van der Waals surface area contributed by atoms with Gasteiger partial charge < -0.3 is 10.1 Å². The molecule has 1 heterocycles. The van der Waals surface area contributed by atoms with E-state index in [0.29, 0.717) is 0 Å². The van der Waals surface area contributed by atoms with Gasteiger partial charge in [0.1, 0.15) is 6.61 Å². The van der Waals surface area contributed by atoms with Crippen LogP contribution in [0.25, 0.3) is 0 Å². The molecule has 0 saturated heterocycles. The largest absolute Gasteiger partial charge is 0.369 e. The smallest absolute Gasteiger partial charge is 0.250 e. The Hall–Kier alpha value is -1.36. The topological polar surface area (TPSA) is 56.2 Å². The first-order valence-electron chi connectivity index (χ1n) is 5.33. The molecule has 0 aromatic carbocycles. The van der Waals surface area contributed by atoms with Crippen LogP contribution >= 0.6 is 0 Å². The van der Waals surface area contributed by atoms with Gasteiger partial charge in [-0.1, -0.05) is 0 Å². The van der Waals surface area contributed by atoms with Crippen LogP contribution in [0.4, 0.5) is 5.69 Å². The van der Waals surface area contributed by atoms with Gasteiger partial charge in [0.15, 0.2) is 0 Å². The fourth-order valence-electron chi connectivity index (χ4n) is 1.37. The van der Waals surface area contributed by atoms with Crippen LogP contribution in [-0.4, -0.2) is 28.4 Å². The Morgan fingerprint density at radius 3 is 2.56 bits per heavy atom. The monoisotopic (exact) mass is 225 g/mol. The normalized spacial score (nSPS) is 10.9. The summed E-state index contributed by atoms with van der Waals surface area (Å²) in [6.07, 6.45) is 0.0573. The zero-order chi connectivity index (χ0) is 12.3. The number of nitrogens with zero attached hydrogens (tertiary/aromatic N) is 2. The Balaban J connectivity index is 2.63. The maximum absolute atomic E-state index is 11.6. The van der Waals surface area contributed by atoms with E-state index in [4.69, 9.17) is 4.74 Å². The third-order valence-electron chi connectivity index (χ3n) is 2.32. The molecule has 0 aliphatic carbocycles. The van der Waals surface area contributed by atoms with Gasteiger partial charge in [-0.25, -0.2) is 0 Å². The number of ether oxygens (including phenoxy) is 1. The van der Waals surface area contributed by atoms with Crippen LogP contribution in [0.1, 0.15) is 25.2 Å². The third kappa shape index (κ3) is 3.06. The van der Waals surface area contributed by atoms with Gasteiger partial charge in [-0.2, -0.15) is 5.10 Å². The van der Waals surface area contributed by atoms with Gasteiger partial charge in [-0.05, 0) is 27.7 Å². The van der Waals surface area contributed by atoms with Crippen LogP contribution in [0.15, 0.2) is 0 Å². The highest BCUT2D eigenvalue weighted by atomic mass is 16.5. The van der Waals surface area contributed by atoms with Crippen molar-refractivity contribution in [3.05, 3.63) is 11.4 Å². The van der Waals surface area contributed by atoms with Gasteiger partial charge in [0.05, 0.1) is 23.2 Å².